The summed E-state index contributed by atoms with van der Waals surface area (Å²) in [5, 5.41) is 8.67. The van der Waals surface area contributed by atoms with Crippen molar-refractivity contribution in [2.45, 2.75) is 12.3 Å². The molecule has 1 N–H and O–H groups in total. The Bertz CT molecular complexity index is 412. The van der Waals surface area contributed by atoms with Crippen LogP contribution < -0.4 is 4.90 Å². The number of alkyl halides is 1. The van der Waals surface area contributed by atoms with Crippen molar-refractivity contribution in [1.82, 2.24) is 9.97 Å². The highest BCUT2D eigenvalue weighted by atomic mass is 19.1. The molecule has 2 rings (SSSR count). The minimum absolute atomic E-state index is 0.131. The maximum atomic E-state index is 13.4. The second kappa shape index (κ2) is 4.62. The lowest BCUT2D eigenvalue weighted by atomic mass is 10.3. The van der Waals surface area contributed by atoms with Gasteiger partial charge in [-0.2, -0.15) is 0 Å². The molecule has 1 aliphatic heterocycles. The van der Waals surface area contributed by atoms with E-state index in [0.29, 0.717) is 12.4 Å². The summed E-state index contributed by atoms with van der Waals surface area (Å²) in [5.74, 6) is -0.680. The SMILES string of the molecule is CO[C@H]1CN(c2cnc(C(=O)O)cn2)C[C@@H]1F. The summed E-state index contributed by atoms with van der Waals surface area (Å²) in [6.45, 7) is 0.568. The number of rotatable bonds is 3. The fourth-order valence-electron chi connectivity index (χ4n) is 1.74. The van der Waals surface area contributed by atoms with Gasteiger partial charge in [-0.05, 0) is 0 Å². The smallest absolute Gasteiger partial charge is 0.356 e. The van der Waals surface area contributed by atoms with Crippen LogP contribution in [0.2, 0.25) is 0 Å². The Morgan fingerprint density at radius 2 is 2.29 bits per heavy atom. The van der Waals surface area contributed by atoms with Gasteiger partial charge in [-0.1, -0.05) is 0 Å². The first-order valence-electron chi connectivity index (χ1n) is 5.09. The molecule has 0 radical (unpaired) electrons. The molecule has 1 aliphatic rings. The van der Waals surface area contributed by atoms with E-state index in [-0.39, 0.29) is 12.2 Å². The van der Waals surface area contributed by atoms with Gasteiger partial charge in [0.2, 0.25) is 0 Å². The molecule has 1 aromatic rings. The van der Waals surface area contributed by atoms with E-state index in [1.807, 2.05) is 0 Å². The van der Waals surface area contributed by atoms with Crippen LogP contribution in [-0.4, -0.2) is 53.5 Å². The zero-order valence-corrected chi connectivity index (χ0v) is 9.21. The normalized spacial score (nSPS) is 24.0. The molecule has 0 unspecified atom stereocenters. The van der Waals surface area contributed by atoms with Crippen LogP contribution in [0.5, 0.6) is 0 Å². The Balaban J connectivity index is 2.11. The Hall–Kier alpha value is -1.76. The lowest BCUT2D eigenvalue weighted by Gasteiger charge is -2.15. The number of carboxylic acids is 1. The number of halogens is 1. The minimum Gasteiger partial charge on any atom is -0.476 e. The quantitative estimate of drug-likeness (QED) is 0.822. The number of methoxy groups -OCH3 is 1. The molecule has 6 nitrogen and oxygen atoms in total. The van der Waals surface area contributed by atoms with Crippen molar-refractivity contribution in [3.8, 4) is 0 Å². The molecule has 1 saturated heterocycles. The van der Waals surface area contributed by atoms with Gasteiger partial charge in [0.25, 0.3) is 0 Å². The molecule has 2 atom stereocenters. The van der Waals surface area contributed by atoms with Gasteiger partial charge in [0.15, 0.2) is 5.69 Å². The third kappa shape index (κ3) is 2.33. The van der Waals surface area contributed by atoms with Crippen molar-refractivity contribution < 1.29 is 19.0 Å². The topological polar surface area (TPSA) is 75.5 Å². The van der Waals surface area contributed by atoms with Crippen molar-refractivity contribution in [2.75, 3.05) is 25.1 Å². The highest BCUT2D eigenvalue weighted by Gasteiger charge is 2.33. The third-order valence-corrected chi connectivity index (χ3v) is 2.68. The van der Waals surface area contributed by atoms with Gasteiger partial charge in [-0.25, -0.2) is 19.2 Å². The van der Waals surface area contributed by atoms with Crippen molar-refractivity contribution >= 4 is 11.8 Å². The number of hydrogen-bond donors (Lipinski definition) is 1. The predicted molar refractivity (Wildman–Crippen MR) is 56.9 cm³/mol. The number of hydrogen-bond acceptors (Lipinski definition) is 5. The van der Waals surface area contributed by atoms with Gasteiger partial charge in [0.1, 0.15) is 18.1 Å². The zero-order valence-electron chi connectivity index (χ0n) is 9.21. The van der Waals surface area contributed by atoms with Gasteiger partial charge >= 0.3 is 5.97 Å². The number of carbonyl (C=O) groups is 1. The molecule has 0 spiro atoms. The average molecular weight is 241 g/mol. The van der Waals surface area contributed by atoms with Crippen LogP contribution in [0.15, 0.2) is 12.4 Å². The van der Waals surface area contributed by atoms with E-state index in [4.69, 9.17) is 9.84 Å². The van der Waals surface area contributed by atoms with E-state index >= 15 is 0 Å². The number of nitrogens with zero attached hydrogens (tertiary/aromatic N) is 3. The van der Waals surface area contributed by atoms with Gasteiger partial charge < -0.3 is 14.7 Å². The monoisotopic (exact) mass is 241 g/mol. The Morgan fingerprint density at radius 1 is 1.53 bits per heavy atom. The highest BCUT2D eigenvalue weighted by molar-refractivity contribution is 5.84. The van der Waals surface area contributed by atoms with Crippen LogP contribution in [0.1, 0.15) is 10.5 Å². The summed E-state index contributed by atoms with van der Waals surface area (Å²) in [4.78, 5) is 19.9. The number of ether oxygens (including phenoxy) is 1. The molecule has 2 heterocycles. The number of carboxylic acid groups (broad SMARTS) is 1. The van der Waals surface area contributed by atoms with Gasteiger partial charge in [-0.3, -0.25) is 0 Å². The fourth-order valence-corrected chi connectivity index (χ4v) is 1.74. The van der Waals surface area contributed by atoms with Crippen LogP contribution in [0, 0.1) is 0 Å². The van der Waals surface area contributed by atoms with E-state index < -0.39 is 18.2 Å². The van der Waals surface area contributed by atoms with Crippen LogP contribution in [-0.2, 0) is 4.74 Å². The molecule has 17 heavy (non-hydrogen) atoms. The van der Waals surface area contributed by atoms with Gasteiger partial charge in [0.05, 0.1) is 18.9 Å². The largest absolute Gasteiger partial charge is 0.476 e. The summed E-state index contributed by atoms with van der Waals surface area (Å²) in [5.41, 5.74) is -0.131. The number of anilines is 1. The average Bonchev–Trinajstić information content (AvgIpc) is 2.70. The first-order chi connectivity index (χ1) is 8.11. The van der Waals surface area contributed by atoms with Crippen molar-refractivity contribution in [3.63, 3.8) is 0 Å². The first kappa shape index (κ1) is 11.7. The van der Waals surface area contributed by atoms with Crippen LogP contribution in [0.3, 0.4) is 0 Å². The lowest BCUT2D eigenvalue weighted by molar-refractivity contribution is 0.0650. The second-order valence-corrected chi connectivity index (χ2v) is 3.76. The van der Waals surface area contributed by atoms with Crippen LogP contribution in [0.4, 0.5) is 10.2 Å². The predicted octanol–water partition coefficient (Wildman–Crippen LogP) is 0.348. The molecule has 92 valence electrons. The van der Waals surface area contributed by atoms with E-state index in [0.717, 1.165) is 6.20 Å². The van der Waals surface area contributed by atoms with E-state index in [9.17, 15) is 9.18 Å². The molecule has 1 aromatic heterocycles. The highest BCUT2D eigenvalue weighted by Crippen LogP contribution is 2.21. The Morgan fingerprint density at radius 3 is 2.76 bits per heavy atom. The summed E-state index contributed by atoms with van der Waals surface area (Å²) < 4.78 is 18.4. The van der Waals surface area contributed by atoms with Crippen LogP contribution in [0.25, 0.3) is 0 Å². The molecular weight excluding hydrogens is 229 g/mol. The van der Waals surface area contributed by atoms with Crippen LogP contribution >= 0.6 is 0 Å². The second-order valence-electron chi connectivity index (χ2n) is 3.76. The van der Waals surface area contributed by atoms with E-state index in [1.165, 1.54) is 13.3 Å². The maximum absolute atomic E-state index is 13.4. The van der Waals surface area contributed by atoms with Gasteiger partial charge in [-0.15, -0.1) is 0 Å². The van der Waals surface area contributed by atoms with Crippen molar-refractivity contribution in [1.29, 1.82) is 0 Å². The zero-order chi connectivity index (χ0) is 12.4. The van der Waals surface area contributed by atoms with E-state index in [1.54, 1.807) is 4.90 Å². The molecule has 0 bridgehead atoms. The van der Waals surface area contributed by atoms with Crippen molar-refractivity contribution in [2.24, 2.45) is 0 Å². The Kier molecular flexibility index (Phi) is 3.19. The standard InChI is InChI=1S/C10H12FN3O3/c1-17-8-5-14(4-6(8)11)9-3-12-7(2-13-9)10(15)16/h2-3,6,8H,4-5H2,1H3,(H,15,16)/t6-,8-/m0/s1. The number of aromatic nitrogens is 2. The third-order valence-electron chi connectivity index (χ3n) is 2.68. The summed E-state index contributed by atoms with van der Waals surface area (Å²) in [6, 6.07) is 0. The summed E-state index contributed by atoms with van der Waals surface area (Å²) in [7, 11) is 1.46. The molecular formula is C10H12FN3O3. The summed E-state index contributed by atoms with van der Waals surface area (Å²) >= 11 is 0. The lowest BCUT2D eigenvalue weighted by Crippen LogP contribution is -2.23. The molecule has 7 heteroatoms. The molecule has 0 aromatic carbocycles. The van der Waals surface area contributed by atoms with Crippen molar-refractivity contribution in [3.05, 3.63) is 18.1 Å². The fraction of sp³-hybridized carbons (Fsp3) is 0.500. The molecule has 0 saturated carbocycles. The van der Waals surface area contributed by atoms with E-state index in [2.05, 4.69) is 9.97 Å². The molecule has 1 fully saturated rings. The molecule has 0 amide bonds. The maximum Gasteiger partial charge on any atom is 0.356 e. The summed E-state index contributed by atoms with van der Waals surface area (Å²) in [6.07, 6.45) is 0.941. The minimum atomic E-state index is -1.14. The van der Waals surface area contributed by atoms with Gasteiger partial charge in [0, 0.05) is 13.7 Å². The Labute approximate surface area is 97.0 Å². The molecule has 0 aliphatic carbocycles. The first-order valence-corrected chi connectivity index (χ1v) is 5.09. The number of aromatic carboxylic acids is 1.